The number of likely N-dealkylation sites (N-methyl/N-ethyl adjacent to an activating group) is 1. The van der Waals surface area contributed by atoms with Gasteiger partial charge in [0.1, 0.15) is 17.4 Å². The lowest BCUT2D eigenvalue weighted by atomic mass is 9.54. The minimum atomic E-state index is -2.71. The fourth-order valence-electron chi connectivity index (χ4n) is 7.72. The minimum Gasteiger partial charge on any atom is -0.507 e. The SMILES string of the molecule is CN(C)c1cc(NC(N)=NC2CCCCC2)c(O)c2c1C[C@@H]1C[C@@H]3[C@@H](N(C)C)C(O)C(C(N)=O)C(=O)[C@]3(O)C(=O)C1=C2O. The number of hydrogen-bond donors (Lipinski definition) is 7. The molecule has 3 fully saturated rings. The van der Waals surface area contributed by atoms with E-state index in [1.165, 1.54) is 0 Å². The van der Waals surface area contributed by atoms with Crippen molar-refractivity contribution >= 4 is 40.6 Å². The first-order chi connectivity index (χ1) is 20.2. The number of nitrogens with zero attached hydrogens (tertiary/aromatic N) is 3. The summed E-state index contributed by atoms with van der Waals surface area (Å²) in [4.78, 5) is 47.8. The third kappa shape index (κ3) is 4.83. The van der Waals surface area contributed by atoms with Gasteiger partial charge in [0, 0.05) is 37.3 Å². The van der Waals surface area contributed by atoms with Crippen molar-refractivity contribution in [3.8, 4) is 5.75 Å². The van der Waals surface area contributed by atoms with Crippen molar-refractivity contribution in [3.05, 3.63) is 22.8 Å². The fraction of sp³-hybridized carbons (Fsp3) is 0.600. The van der Waals surface area contributed by atoms with Crippen molar-refractivity contribution in [1.82, 2.24) is 4.90 Å². The van der Waals surface area contributed by atoms with Crippen molar-refractivity contribution < 1.29 is 34.8 Å². The fourth-order valence-corrected chi connectivity index (χ4v) is 7.72. The highest BCUT2D eigenvalue weighted by Crippen LogP contribution is 2.54. The number of hydrogen-bond acceptors (Lipinski definition) is 10. The Labute approximate surface area is 250 Å². The molecule has 4 aliphatic carbocycles. The molecule has 0 spiro atoms. The summed E-state index contributed by atoms with van der Waals surface area (Å²) in [7, 11) is 6.84. The van der Waals surface area contributed by atoms with Gasteiger partial charge in [-0.25, -0.2) is 4.99 Å². The van der Waals surface area contributed by atoms with Crippen molar-refractivity contribution in [1.29, 1.82) is 0 Å². The number of benzene rings is 1. The summed E-state index contributed by atoms with van der Waals surface area (Å²) in [5, 5.41) is 48.9. The lowest BCUT2D eigenvalue weighted by Crippen LogP contribution is -2.73. The van der Waals surface area contributed by atoms with E-state index in [0.29, 0.717) is 11.3 Å². The molecule has 0 heterocycles. The Hall–Kier alpha value is -3.68. The highest BCUT2D eigenvalue weighted by molar-refractivity contribution is 6.25. The normalized spacial score (nSPS) is 31.4. The van der Waals surface area contributed by atoms with Gasteiger partial charge in [0.25, 0.3) is 0 Å². The van der Waals surface area contributed by atoms with Crippen LogP contribution in [0.3, 0.4) is 0 Å². The number of Topliss-reactive ketones (excluding diaryl/α,β-unsaturated/α-hetero) is 2. The van der Waals surface area contributed by atoms with Crippen LogP contribution in [-0.2, 0) is 20.8 Å². The van der Waals surface area contributed by atoms with E-state index in [-0.39, 0.29) is 47.4 Å². The zero-order valence-corrected chi connectivity index (χ0v) is 25.0. The van der Waals surface area contributed by atoms with Crippen LogP contribution in [0.1, 0.15) is 49.7 Å². The molecule has 1 aromatic rings. The Morgan fingerprint density at radius 3 is 2.33 bits per heavy atom. The first-order valence-corrected chi connectivity index (χ1v) is 14.7. The maximum atomic E-state index is 14.1. The van der Waals surface area contributed by atoms with Crippen molar-refractivity contribution in [2.45, 2.75) is 68.7 Å². The standard InChI is InChI=1S/C30H42N6O7/c1-35(2)18-12-17(34-29(32)33-14-8-6-5-7-9-14)23(37)20-15(18)10-13-11-16-22(36(3)4)25(39)21(28(31)42)27(41)30(16,43)26(40)19(13)24(20)38/h12-14,16,21-22,25,37-39,43H,5-11H2,1-4H3,(H2,31,42)(H3,32,33,34)/t13-,16-,21?,22-,25?,30-/m1/s1. The number of anilines is 2. The predicted molar refractivity (Wildman–Crippen MR) is 161 cm³/mol. The predicted octanol–water partition coefficient (Wildman–Crippen LogP) is 0.254. The number of fused-ring (bicyclic) bond motifs is 3. The number of aliphatic hydroxyl groups excluding tert-OH is 2. The summed E-state index contributed by atoms with van der Waals surface area (Å²) in [5.74, 6) is -7.77. The summed E-state index contributed by atoms with van der Waals surface area (Å²) >= 11 is 0. The molecule has 3 saturated carbocycles. The maximum Gasteiger partial charge on any atom is 0.230 e. The number of aliphatic hydroxyl groups is 3. The van der Waals surface area contributed by atoms with E-state index in [0.717, 1.165) is 32.1 Å². The van der Waals surface area contributed by atoms with Gasteiger partial charge in [-0.2, -0.15) is 0 Å². The number of guanidine groups is 1. The van der Waals surface area contributed by atoms with E-state index in [1.54, 1.807) is 39.2 Å². The van der Waals surface area contributed by atoms with Crippen LogP contribution in [0.15, 0.2) is 16.6 Å². The second-order valence-electron chi connectivity index (χ2n) is 12.8. The molecule has 4 aliphatic rings. The number of nitrogens with one attached hydrogen (secondary N) is 1. The van der Waals surface area contributed by atoms with E-state index < -0.39 is 58.7 Å². The molecular formula is C30H42N6O7. The second kappa shape index (κ2) is 11.1. The molecule has 13 heteroatoms. The van der Waals surface area contributed by atoms with Gasteiger partial charge in [0.05, 0.1) is 23.4 Å². The van der Waals surface area contributed by atoms with Crippen LogP contribution in [0.2, 0.25) is 0 Å². The molecule has 5 rings (SSSR count). The minimum absolute atomic E-state index is 0.0141. The molecule has 0 saturated heterocycles. The Morgan fingerprint density at radius 1 is 1.09 bits per heavy atom. The second-order valence-corrected chi connectivity index (χ2v) is 12.8. The molecule has 234 valence electrons. The molecule has 0 radical (unpaired) electrons. The summed E-state index contributed by atoms with van der Waals surface area (Å²) in [6.07, 6.45) is 3.84. The number of aromatic hydroxyl groups is 1. The van der Waals surface area contributed by atoms with E-state index in [2.05, 4.69) is 10.3 Å². The highest BCUT2D eigenvalue weighted by Gasteiger charge is 2.67. The van der Waals surface area contributed by atoms with E-state index >= 15 is 0 Å². The van der Waals surface area contributed by atoms with Crippen LogP contribution in [-0.4, -0.2) is 101 Å². The smallest absolute Gasteiger partial charge is 0.230 e. The number of phenolic OH excluding ortho intramolecular Hbond substituents is 1. The van der Waals surface area contributed by atoms with Crippen LogP contribution in [0.5, 0.6) is 5.75 Å². The summed E-state index contributed by atoms with van der Waals surface area (Å²) in [6.45, 7) is 0. The van der Waals surface area contributed by atoms with Gasteiger partial charge in [-0.1, -0.05) is 19.3 Å². The average Bonchev–Trinajstić information content (AvgIpc) is 2.92. The molecule has 1 aromatic carbocycles. The lowest BCUT2D eigenvalue weighted by molar-refractivity contribution is -0.184. The highest BCUT2D eigenvalue weighted by atomic mass is 16.3. The van der Waals surface area contributed by atoms with Crippen molar-refractivity contribution in [3.63, 3.8) is 0 Å². The van der Waals surface area contributed by atoms with Gasteiger partial charge in [-0.15, -0.1) is 0 Å². The van der Waals surface area contributed by atoms with Gasteiger partial charge in [0.2, 0.25) is 11.7 Å². The molecule has 13 nitrogen and oxygen atoms in total. The number of rotatable bonds is 5. The number of phenols is 1. The number of aliphatic imine (C=N–C) groups is 1. The molecule has 1 amide bonds. The molecule has 9 N–H and O–H groups in total. The Morgan fingerprint density at radius 2 is 1.74 bits per heavy atom. The molecule has 0 bridgehead atoms. The number of amides is 1. The lowest BCUT2D eigenvalue weighted by Gasteiger charge is -2.53. The van der Waals surface area contributed by atoms with Gasteiger partial charge >= 0.3 is 0 Å². The van der Waals surface area contributed by atoms with Crippen LogP contribution < -0.4 is 21.7 Å². The molecule has 2 unspecified atom stereocenters. The molecular weight excluding hydrogens is 556 g/mol. The topological polar surface area (TPSA) is 215 Å². The average molecular weight is 599 g/mol. The molecule has 0 aliphatic heterocycles. The quantitative estimate of drug-likeness (QED) is 0.106. The van der Waals surface area contributed by atoms with Crippen molar-refractivity contribution in [2.24, 2.45) is 34.2 Å². The van der Waals surface area contributed by atoms with Crippen LogP contribution in [0.4, 0.5) is 11.4 Å². The first-order valence-electron chi connectivity index (χ1n) is 14.7. The molecule has 6 atom stereocenters. The number of carbonyl (C=O) groups is 3. The van der Waals surface area contributed by atoms with Gasteiger partial charge in [-0.3, -0.25) is 14.4 Å². The molecule has 0 aromatic heterocycles. The Kier molecular flexibility index (Phi) is 7.95. The monoisotopic (exact) mass is 598 g/mol. The van der Waals surface area contributed by atoms with E-state index in [1.807, 2.05) is 4.90 Å². The third-order valence-corrected chi connectivity index (χ3v) is 9.71. The van der Waals surface area contributed by atoms with Crippen LogP contribution >= 0.6 is 0 Å². The largest absolute Gasteiger partial charge is 0.507 e. The Balaban J connectivity index is 1.62. The number of primary amides is 1. The third-order valence-electron chi connectivity index (χ3n) is 9.71. The summed E-state index contributed by atoms with van der Waals surface area (Å²) in [6, 6.07) is 0.819. The number of nitrogens with two attached hydrogens (primary N) is 2. The van der Waals surface area contributed by atoms with E-state index in [9.17, 15) is 34.8 Å². The van der Waals surface area contributed by atoms with Crippen LogP contribution in [0.25, 0.3) is 5.76 Å². The van der Waals surface area contributed by atoms with Gasteiger partial charge in [0.15, 0.2) is 17.3 Å². The molecule has 43 heavy (non-hydrogen) atoms. The summed E-state index contributed by atoms with van der Waals surface area (Å²) in [5.41, 5.74) is 10.1. The number of ketones is 2. The summed E-state index contributed by atoms with van der Waals surface area (Å²) < 4.78 is 0. The Bertz CT molecular complexity index is 1420. The van der Waals surface area contributed by atoms with Gasteiger partial charge < -0.3 is 47.0 Å². The maximum absolute atomic E-state index is 14.1. The zero-order chi connectivity index (χ0) is 31.5. The van der Waals surface area contributed by atoms with Crippen molar-refractivity contribution in [2.75, 3.05) is 38.4 Å². The van der Waals surface area contributed by atoms with E-state index in [4.69, 9.17) is 11.5 Å². The number of carbonyl (C=O) groups excluding carboxylic acids is 3. The van der Waals surface area contributed by atoms with Crippen LogP contribution in [0, 0.1) is 17.8 Å². The van der Waals surface area contributed by atoms with Gasteiger partial charge in [-0.05, 0) is 57.3 Å². The first kappa shape index (κ1) is 30.8. The zero-order valence-electron chi connectivity index (χ0n) is 25.0.